The lowest BCUT2D eigenvalue weighted by molar-refractivity contribution is -0.142. The lowest BCUT2D eigenvalue weighted by atomic mass is 10.2. The summed E-state index contributed by atoms with van der Waals surface area (Å²) in [6.45, 7) is 1.51. The maximum absolute atomic E-state index is 11.9. The Bertz CT molecular complexity index is 266. The standard InChI is InChI=1S/C6H7F3N2O/c1-3(10)4-2-5(11-12-4)6(7,8)9/h2-3H,10H2,1H3/t3-/m0/s1. The topological polar surface area (TPSA) is 52.0 Å². The first-order valence-corrected chi connectivity index (χ1v) is 3.20. The lowest BCUT2D eigenvalue weighted by Crippen LogP contribution is -2.05. The number of nitrogens with zero attached hydrogens (tertiary/aromatic N) is 1. The monoisotopic (exact) mass is 180 g/mol. The summed E-state index contributed by atoms with van der Waals surface area (Å²) in [7, 11) is 0. The summed E-state index contributed by atoms with van der Waals surface area (Å²) in [6, 6.07) is 0.221. The molecule has 1 atom stereocenters. The van der Waals surface area contributed by atoms with Gasteiger partial charge in [0.25, 0.3) is 0 Å². The minimum atomic E-state index is -4.46. The Morgan fingerprint density at radius 3 is 2.42 bits per heavy atom. The summed E-state index contributed by atoms with van der Waals surface area (Å²) in [5, 5.41) is 2.83. The highest BCUT2D eigenvalue weighted by molar-refractivity contribution is 5.10. The first-order chi connectivity index (χ1) is 5.41. The molecule has 0 fully saturated rings. The first kappa shape index (κ1) is 9.05. The molecule has 2 N–H and O–H groups in total. The molecule has 1 aromatic heterocycles. The molecule has 0 aromatic carbocycles. The van der Waals surface area contributed by atoms with Crippen molar-refractivity contribution < 1.29 is 17.7 Å². The molecular weight excluding hydrogens is 173 g/mol. The van der Waals surface area contributed by atoms with Crippen LogP contribution in [0.15, 0.2) is 10.6 Å². The van der Waals surface area contributed by atoms with Gasteiger partial charge in [-0.2, -0.15) is 13.2 Å². The minimum absolute atomic E-state index is 0.0299. The zero-order valence-electron chi connectivity index (χ0n) is 6.22. The zero-order valence-corrected chi connectivity index (χ0v) is 6.22. The first-order valence-electron chi connectivity index (χ1n) is 3.20. The van der Waals surface area contributed by atoms with Crippen molar-refractivity contribution in [3.05, 3.63) is 17.5 Å². The number of aromatic nitrogens is 1. The third-order valence-corrected chi connectivity index (χ3v) is 1.27. The van der Waals surface area contributed by atoms with E-state index in [0.29, 0.717) is 0 Å². The van der Waals surface area contributed by atoms with Crippen molar-refractivity contribution in [3.8, 4) is 0 Å². The molecule has 0 saturated carbocycles. The molecule has 1 aromatic rings. The molecule has 0 aliphatic carbocycles. The lowest BCUT2D eigenvalue weighted by Gasteiger charge is -1.98. The molecule has 0 unspecified atom stereocenters. The van der Waals surface area contributed by atoms with Crippen molar-refractivity contribution >= 4 is 0 Å². The van der Waals surface area contributed by atoms with Gasteiger partial charge in [-0.1, -0.05) is 5.16 Å². The molecule has 6 heteroatoms. The number of rotatable bonds is 1. The molecule has 0 radical (unpaired) electrons. The number of hydrogen-bond donors (Lipinski definition) is 1. The predicted molar refractivity (Wildman–Crippen MR) is 34.1 cm³/mol. The molecule has 0 aliphatic heterocycles. The van der Waals surface area contributed by atoms with Gasteiger partial charge >= 0.3 is 6.18 Å². The van der Waals surface area contributed by atoms with Crippen molar-refractivity contribution in [2.75, 3.05) is 0 Å². The second kappa shape index (κ2) is 2.78. The van der Waals surface area contributed by atoms with E-state index in [1.54, 1.807) is 0 Å². The SMILES string of the molecule is C[C@H](N)c1cc(C(F)(F)F)no1. The normalized spacial score (nSPS) is 14.8. The van der Waals surface area contributed by atoms with E-state index in [4.69, 9.17) is 5.73 Å². The van der Waals surface area contributed by atoms with Gasteiger partial charge in [-0.05, 0) is 6.92 Å². The van der Waals surface area contributed by atoms with E-state index < -0.39 is 17.9 Å². The van der Waals surface area contributed by atoms with Gasteiger partial charge in [-0.3, -0.25) is 0 Å². The molecule has 0 aliphatic rings. The van der Waals surface area contributed by atoms with Gasteiger partial charge in [-0.25, -0.2) is 0 Å². The van der Waals surface area contributed by atoms with Gasteiger partial charge in [0.15, 0.2) is 11.5 Å². The molecule has 0 saturated heterocycles. The summed E-state index contributed by atoms with van der Waals surface area (Å²) < 4.78 is 40.1. The Labute approximate surface area is 66.3 Å². The highest BCUT2D eigenvalue weighted by atomic mass is 19.4. The Balaban J connectivity index is 2.92. The van der Waals surface area contributed by atoms with Crippen LogP contribution in [0, 0.1) is 0 Å². The Kier molecular flexibility index (Phi) is 2.10. The minimum Gasteiger partial charge on any atom is -0.359 e. The van der Waals surface area contributed by atoms with Crippen LogP contribution in [0.1, 0.15) is 24.4 Å². The van der Waals surface area contributed by atoms with Crippen LogP contribution in [-0.2, 0) is 6.18 Å². The average Bonchev–Trinajstić information content (AvgIpc) is 2.30. The second-order valence-electron chi connectivity index (χ2n) is 2.40. The number of hydrogen-bond acceptors (Lipinski definition) is 3. The van der Waals surface area contributed by atoms with Gasteiger partial charge in [-0.15, -0.1) is 0 Å². The Hall–Kier alpha value is -1.04. The molecule has 3 nitrogen and oxygen atoms in total. The average molecular weight is 180 g/mol. The smallest absolute Gasteiger partial charge is 0.359 e. The summed E-state index contributed by atoms with van der Waals surface area (Å²) in [5.74, 6) is 0.0299. The Morgan fingerprint density at radius 2 is 2.17 bits per heavy atom. The van der Waals surface area contributed by atoms with Crippen LogP contribution < -0.4 is 5.73 Å². The van der Waals surface area contributed by atoms with Crippen molar-refractivity contribution in [2.24, 2.45) is 5.73 Å². The van der Waals surface area contributed by atoms with Crippen molar-refractivity contribution in [1.82, 2.24) is 5.16 Å². The molecule has 12 heavy (non-hydrogen) atoms. The van der Waals surface area contributed by atoms with Crippen molar-refractivity contribution in [2.45, 2.75) is 19.1 Å². The molecule has 1 rings (SSSR count). The van der Waals surface area contributed by atoms with Gasteiger partial charge < -0.3 is 10.3 Å². The fraction of sp³-hybridized carbons (Fsp3) is 0.500. The van der Waals surface area contributed by atoms with E-state index in [1.165, 1.54) is 6.92 Å². The fourth-order valence-electron chi connectivity index (χ4n) is 0.637. The van der Waals surface area contributed by atoms with Crippen LogP contribution in [0.4, 0.5) is 13.2 Å². The number of alkyl halides is 3. The molecular formula is C6H7F3N2O. The Morgan fingerprint density at radius 1 is 1.58 bits per heavy atom. The summed E-state index contributed by atoms with van der Waals surface area (Å²) in [4.78, 5) is 0. The van der Waals surface area contributed by atoms with Crippen molar-refractivity contribution in [1.29, 1.82) is 0 Å². The van der Waals surface area contributed by atoms with E-state index in [1.807, 2.05) is 0 Å². The predicted octanol–water partition coefficient (Wildman–Crippen LogP) is 1.71. The van der Waals surface area contributed by atoms with E-state index >= 15 is 0 Å². The van der Waals surface area contributed by atoms with Gasteiger partial charge in [0, 0.05) is 6.07 Å². The van der Waals surface area contributed by atoms with E-state index in [0.717, 1.165) is 6.07 Å². The summed E-state index contributed by atoms with van der Waals surface area (Å²) in [6.07, 6.45) is -4.46. The highest BCUT2D eigenvalue weighted by Crippen LogP contribution is 2.29. The van der Waals surface area contributed by atoms with Crippen LogP contribution in [0.25, 0.3) is 0 Å². The van der Waals surface area contributed by atoms with Gasteiger partial charge in [0.1, 0.15) is 0 Å². The largest absolute Gasteiger partial charge is 0.436 e. The van der Waals surface area contributed by atoms with Gasteiger partial charge in [0.05, 0.1) is 6.04 Å². The number of nitrogens with two attached hydrogens (primary N) is 1. The zero-order chi connectivity index (χ0) is 9.35. The van der Waals surface area contributed by atoms with Crippen LogP contribution >= 0.6 is 0 Å². The van der Waals surface area contributed by atoms with Crippen LogP contribution in [0.3, 0.4) is 0 Å². The summed E-state index contributed by atoms with van der Waals surface area (Å²) >= 11 is 0. The third kappa shape index (κ3) is 1.76. The van der Waals surface area contributed by atoms with E-state index in [-0.39, 0.29) is 5.76 Å². The van der Waals surface area contributed by atoms with Crippen LogP contribution in [-0.4, -0.2) is 5.16 Å². The molecule has 1 heterocycles. The summed E-state index contributed by atoms with van der Waals surface area (Å²) in [5.41, 5.74) is 4.22. The van der Waals surface area contributed by atoms with Gasteiger partial charge in [0.2, 0.25) is 0 Å². The van der Waals surface area contributed by atoms with E-state index in [2.05, 4.69) is 9.68 Å². The molecule has 0 amide bonds. The number of halogens is 3. The van der Waals surface area contributed by atoms with Crippen LogP contribution in [0.2, 0.25) is 0 Å². The van der Waals surface area contributed by atoms with E-state index in [9.17, 15) is 13.2 Å². The molecule has 68 valence electrons. The van der Waals surface area contributed by atoms with Crippen LogP contribution in [0.5, 0.6) is 0 Å². The highest BCUT2D eigenvalue weighted by Gasteiger charge is 2.35. The maximum Gasteiger partial charge on any atom is 0.436 e. The van der Waals surface area contributed by atoms with Crippen molar-refractivity contribution in [3.63, 3.8) is 0 Å². The quantitative estimate of drug-likeness (QED) is 0.715. The maximum atomic E-state index is 11.9. The molecule has 0 bridgehead atoms. The second-order valence-corrected chi connectivity index (χ2v) is 2.40. The molecule has 0 spiro atoms. The third-order valence-electron chi connectivity index (χ3n) is 1.27. The fourth-order valence-corrected chi connectivity index (χ4v) is 0.637.